The van der Waals surface area contributed by atoms with Crippen molar-refractivity contribution < 1.29 is 23.8 Å². The maximum Gasteiger partial charge on any atom is 0.234 e. The third kappa shape index (κ3) is 4.59. The van der Waals surface area contributed by atoms with Crippen LogP contribution in [0.1, 0.15) is 0 Å². The van der Waals surface area contributed by atoms with Crippen molar-refractivity contribution >= 4 is 23.4 Å². The molecule has 0 spiro atoms. The maximum absolute atomic E-state index is 13.2. The molecule has 1 aromatic rings. The molecule has 0 aliphatic rings. The Morgan fingerprint density at radius 2 is 2.00 bits per heavy atom. The van der Waals surface area contributed by atoms with Gasteiger partial charge >= 0.3 is 0 Å². The molecule has 0 fully saturated rings. The van der Waals surface area contributed by atoms with Gasteiger partial charge in [0.25, 0.3) is 0 Å². The van der Waals surface area contributed by atoms with Gasteiger partial charge in [-0.05, 0) is 12.1 Å². The predicted molar refractivity (Wildman–Crippen MR) is 65.4 cm³/mol. The summed E-state index contributed by atoms with van der Waals surface area (Å²) in [4.78, 5) is 11.4. The van der Waals surface area contributed by atoms with E-state index in [1.165, 1.54) is 6.07 Å². The van der Waals surface area contributed by atoms with Crippen LogP contribution in [0.3, 0.4) is 0 Å². The molecule has 1 unspecified atom stereocenters. The number of carbonyl (C=O) groups excluding carboxylic acids is 1. The van der Waals surface area contributed by atoms with Crippen LogP contribution in [-0.4, -0.2) is 40.3 Å². The van der Waals surface area contributed by atoms with Crippen LogP contribution in [-0.2, 0) is 4.79 Å². The lowest BCUT2D eigenvalue weighted by Crippen LogP contribution is -2.20. The van der Waals surface area contributed by atoms with E-state index in [-0.39, 0.29) is 11.5 Å². The molecule has 18 heavy (non-hydrogen) atoms. The Hall–Kier alpha value is -1.18. The molecule has 0 aliphatic carbocycles. The zero-order valence-electron chi connectivity index (χ0n) is 9.40. The van der Waals surface area contributed by atoms with Gasteiger partial charge in [-0.1, -0.05) is 6.07 Å². The second-order valence-electron chi connectivity index (χ2n) is 3.50. The first-order valence-corrected chi connectivity index (χ1v) is 6.30. The number of para-hydroxylation sites is 1. The first-order valence-electron chi connectivity index (χ1n) is 5.15. The van der Waals surface area contributed by atoms with Gasteiger partial charge in [0.2, 0.25) is 5.91 Å². The number of rotatable bonds is 6. The lowest BCUT2D eigenvalue weighted by molar-refractivity contribution is -0.113. The smallest absolute Gasteiger partial charge is 0.234 e. The molecule has 100 valence electrons. The topological polar surface area (TPSA) is 69.6 Å². The summed E-state index contributed by atoms with van der Waals surface area (Å²) in [7, 11) is 0. The fourth-order valence-electron chi connectivity index (χ4n) is 1.13. The SMILES string of the molecule is O=C(CSCC(O)CO)Nc1c(F)cccc1F. The fraction of sp³-hybridized carbons (Fsp3) is 0.364. The zero-order valence-corrected chi connectivity index (χ0v) is 10.2. The molecule has 0 saturated heterocycles. The van der Waals surface area contributed by atoms with E-state index in [2.05, 4.69) is 5.32 Å². The van der Waals surface area contributed by atoms with E-state index >= 15 is 0 Å². The summed E-state index contributed by atoms with van der Waals surface area (Å²) in [6.45, 7) is -0.392. The first-order chi connectivity index (χ1) is 8.54. The Bertz CT molecular complexity index is 397. The highest BCUT2D eigenvalue weighted by molar-refractivity contribution is 8.00. The maximum atomic E-state index is 13.2. The van der Waals surface area contributed by atoms with E-state index in [1.54, 1.807) is 0 Å². The van der Waals surface area contributed by atoms with E-state index in [0.717, 1.165) is 23.9 Å². The quantitative estimate of drug-likeness (QED) is 0.725. The van der Waals surface area contributed by atoms with Crippen LogP contribution in [0.5, 0.6) is 0 Å². The minimum Gasteiger partial charge on any atom is -0.394 e. The van der Waals surface area contributed by atoms with Crippen molar-refractivity contribution in [3.63, 3.8) is 0 Å². The minimum absolute atomic E-state index is 0.0646. The normalized spacial score (nSPS) is 12.2. The highest BCUT2D eigenvalue weighted by Crippen LogP contribution is 2.18. The molecule has 4 nitrogen and oxygen atoms in total. The van der Waals surface area contributed by atoms with Gasteiger partial charge < -0.3 is 15.5 Å². The van der Waals surface area contributed by atoms with E-state index in [4.69, 9.17) is 10.2 Å². The Labute approximate surface area is 107 Å². The van der Waals surface area contributed by atoms with Crippen LogP contribution < -0.4 is 5.32 Å². The molecule has 0 saturated carbocycles. The summed E-state index contributed by atoms with van der Waals surface area (Å²) in [5, 5.41) is 19.7. The number of nitrogens with one attached hydrogen (secondary N) is 1. The average molecular weight is 277 g/mol. The highest BCUT2D eigenvalue weighted by Gasteiger charge is 2.12. The molecule has 0 radical (unpaired) electrons. The summed E-state index contributed by atoms with van der Waals surface area (Å²) >= 11 is 1.06. The molecule has 0 aromatic heterocycles. The van der Waals surface area contributed by atoms with Gasteiger partial charge in [0.15, 0.2) is 0 Å². The van der Waals surface area contributed by atoms with Gasteiger partial charge in [-0.15, -0.1) is 11.8 Å². The van der Waals surface area contributed by atoms with Gasteiger partial charge in [0, 0.05) is 5.75 Å². The number of halogens is 2. The largest absolute Gasteiger partial charge is 0.394 e. The van der Waals surface area contributed by atoms with E-state index < -0.39 is 35.9 Å². The van der Waals surface area contributed by atoms with E-state index in [0.29, 0.717) is 0 Å². The second kappa shape index (κ2) is 7.30. The van der Waals surface area contributed by atoms with Crippen LogP contribution in [0.25, 0.3) is 0 Å². The highest BCUT2D eigenvalue weighted by atomic mass is 32.2. The van der Waals surface area contributed by atoms with Crippen molar-refractivity contribution in [2.75, 3.05) is 23.4 Å². The van der Waals surface area contributed by atoms with Crippen molar-refractivity contribution in [2.45, 2.75) is 6.10 Å². The van der Waals surface area contributed by atoms with Gasteiger partial charge in [-0.3, -0.25) is 4.79 Å². The summed E-state index contributed by atoms with van der Waals surface area (Å²) in [6.07, 6.45) is -0.909. The Balaban J connectivity index is 2.45. The van der Waals surface area contributed by atoms with Crippen molar-refractivity contribution in [3.8, 4) is 0 Å². The lowest BCUT2D eigenvalue weighted by atomic mass is 10.3. The summed E-state index contributed by atoms with van der Waals surface area (Å²) in [5.41, 5.74) is -0.481. The van der Waals surface area contributed by atoms with Crippen LogP contribution in [0.2, 0.25) is 0 Å². The first kappa shape index (κ1) is 14.9. The third-order valence-electron chi connectivity index (χ3n) is 1.98. The molecule has 1 aromatic carbocycles. The summed E-state index contributed by atoms with van der Waals surface area (Å²) in [5.74, 6) is -2.16. The van der Waals surface area contributed by atoms with Crippen LogP contribution in [0, 0.1) is 11.6 Å². The second-order valence-corrected chi connectivity index (χ2v) is 4.53. The molecule has 1 atom stereocenters. The molecule has 1 amide bonds. The number of hydrogen-bond acceptors (Lipinski definition) is 4. The molecule has 0 aliphatic heterocycles. The molecular weight excluding hydrogens is 264 g/mol. The molecule has 0 bridgehead atoms. The number of hydrogen-bond donors (Lipinski definition) is 3. The van der Waals surface area contributed by atoms with E-state index in [9.17, 15) is 13.6 Å². The van der Waals surface area contributed by atoms with Gasteiger partial charge in [0.05, 0.1) is 18.5 Å². The van der Waals surface area contributed by atoms with Gasteiger partial charge in [-0.2, -0.15) is 0 Å². The molecule has 0 heterocycles. The molecule has 1 rings (SSSR count). The number of aliphatic hydroxyl groups is 2. The Kier molecular flexibility index (Phi) is 6.03. The van der Waals surface area contributed by atoms with Crippen molar-refractivity contribution in [1.29, 1.82) is 0 Å². The van der Waals surface area contributed by atoms with Crippen LogP contribution in [0.15, 0.2) is 18.2 Å². The molecular formula is C11H13F2NO3S. The number of benzene rings is 1. The Morgan fingerprint density at radius 3 is 2.56 bits per heavy atom. The molecule has 3 N–H and O–H groups in total. The number of thioether (sulfide) groups is 1. The van der Waals surface area contributed by atoms with Crippen molar-refractivity contribution in [3.05, 3.63) is 29.8 Å². The standard InChI is InChI=1S/C11H13F2NO3S/c12-8-2-1-3-9(13)11(8)14-10(17)6-18-5-7(16)4-15/h1-3,7,15-16H,4-6H2,(H,14,17). The number of carbonyl (C=O) groups is 1. The Morgan fingerprint density at radius 1 is 1.39 bits per heavy atom. The van der Waals surface area contributed by atoms with Gasteiger partial charge in [-0.25, -0.2) is 8.78 Å². The molecule has 7 heteroatoms. The van der Waals surface area contributed by atoms with Crippen LogP contribution in [0.4, 0.5) is 14.5 Å². The lowest BCUT2D eigenvalue weighted by Gasteiger charge is -2.08. The van der Waals surface area contributed by atoms with Crippen molar-refractivity contribution in [1.82, 2.24) is 0 Å². The van der Waals surface area contributed by atoms with Crippen LogP contribution >= 0.6 is 11.8 Å². The monoisotopic (exact) mass is 277 g/mol. The predicted octanol–water partition coefficient (Wildman–Crippen LogP) is 0.990. The van der Waals surface area contributed by atoms with E-state index in [1.807, 2.05) is 0 Å². The third-order valence-corrected chi connectivity index (χ3v) is 3.07. The number of aliphatic hydroxyl groups excluding tert-OH is 2. The van der Waals surface area contributed by atoms with Crippen molar-refractivity contribution in [2.24, 2.45) is 0 Å². The van der Waals surface area contributed by atoms with Gasteiger partial charge in [0.1, 0.15) is 17.3 Å². The fourth-order valence-corrected chi connectivity index (χ4v) is 1.89. The minimum atomic E-state index is -0.909. The summed E-state index contributed by atoms with van der Waals surface area (Å²) < 4.78 is 26.4. The summed E-state index contributed by atoms with van der Waals surface area (Å²) in [6, 6.07) is 3.29. The number of anilines is 1. The zero-order chi connectivity index (χ0) is 13.5. The number of amides is 1. The average Bonchev–Trinajstić information content (AvgIpc) is 2.34.